The third-order valence-corrected chi connectivity index (χ3v) is 5.70. The minimum Gasteiger partial charge on any atom is -0.481 e. The Morgan fingerprint density at radius 1 is 1.20 bits per heavy atom. The van der Waals surface area contributed by atoms with Crippen LogP contribution >= 0.6 is 0 Å². The molecule has 12 nitrogen and oxygen atoms in total. The number of nitrogens with zero attached hydrogens (tertiary/aromatic N) is 1. The quantitative estimate of drug-likeness (QED) is 0.203. The van der Waals surface area contributed by atoms with Crippen LogP contribution in [0.1, 0.15) is 27.0 Å². The SMILES string of the molecule is CNC(=O)c1c(CC(=O)O)cccc1N1CCO[C@H](C(O)(C(N)=O)c2ccc(C(=N)N)cc2)C1=O. The maximum atomic E-state index is 13.6. The van der Waals surface area contributed by atoms with E-state index in [9.17, 15) is 29.4 Å². The normalized spacial score (nSPS) is 17.4. The molecule has 0 spiro atoms. The van der Waals surface area contributed by atoms with E-state index in [0.29, 0.717) is 5.56 Å². The number of hydrogen-bond acceptors (Lipinski definition) is 7. The zero-order valence-corrected chi connectivity index (χ0v) is 18.8. The molecule has 0 bridgehead atoms. The number of carbonyl (C=O) groups excluding carboxylic acids is 3. The third kappa shape index (κ3) is 4.69. The first-order valence-electron chi connectivity index (χ1n) is 10.5. The van der Waals surface area contributed by atoms with E-state index in [1.807, 2.05) is 0 Å². The number of primary amides is 1. The minimum absolute atomic E-state index is 0.0279. The monoisotopic (exact) mass is 483 g/mol. The van der Waals surface area contributed by atoms with Gasteiger partial charge in [0.1, 0.15) is 5.84 Å². The topological polar surface area (TPSA) is 209 Å². The summed E-state index contributed by atoms with van der Waals surface area (Å²) in [5.74, 6) is -4.13. The van der Waals surface area contributed by atoms with Crippen LogP contribution < -0.4 is 21.7 Å². The van der Waals surface area contributed by atoms with Crippen LogP contribution in [0, 0.1) is 5.41 Å². The average molecular weight is 483 g/mol. The van der Waals surface area contributed by atoms with Crippen molar-refractivity contribution in [3.63, 3.8) is 0 Å². The lowest BCUT2D eigenvalue weighted by molar-refractivity contribution is -0.171. The summed E-state index contributed by atoms with van der Waals surface area (Å²) in [6.07, 6.45) is -2.23. The molecule has 1 aliphatic rings. The molecule has 3 rings (SSSR count). The van der Waals surface area contributed by atoms with Crippen LogP contribution in [-0.4, -0.2) is 66.0 Å². The minimum atomic E-state index is -2.59. The standard InChI is InChI=1S/C23H25N5O7/c1-27-20(31)17-13(11-16(29)30)3-2-4-15(17)28-9-10-35-18(21(28)32)23(34,22(26)33)14-7-5-12(6-8-14)19(24)25/h2-8,18,34H,9-11H2,1H3,(H3,24,25)(H2,26,33)(H,27,31)(H,29,30)/t18-,23?/m0/s1. The molecule has 1 unspecified atom stereocenters. The number of amides is 3. The molecule has 0 aromatic heterocycles. The number of benzene rings is 2. The van der Waals surface area contributed by atoms with Crippen molar-refractivity contribution in [1.82, 2.24) is 5.32 Å². The molecule has 2 atom stereocenters. The molecule has 12 heteroatoms. The number of carbonyl (C=O) groups is 4. The Hall–Kier alpha value is -4.29. The smallest absolute Gasteiger partial charge is 0.307 e. The number of nitrogens with two attached hydrogens (primary N) is 2. The predicted octanol–water partition coefficient (Wildman–Crippen LogP) is -0.938. The Morgan fingerprint density at radius 2 is 1.86 bits per heavy atom. The molecule has 2 aromatic carbocycles. The summed E-state index contributed by atoms with van der Waals surface area (Å²) in [5.41, 5.74) is 8.89. The number of rotatable bonds is 8. The van der Waals surface area contributed by atoms with Crippen molar-refractivity contribution < 1.29 is 34.1 Å². The van der Waals surface area contributed by atoms with Crippen molar-refractivity contribution in [2.75, 3.05) is 25.1 Å². The fourth-order valence-electron chi connectivity index (χ4n) is 3.96. The molecule has 1 fully saturated rings. The van der Waals surface area contributed by atoms with Gasteiger partial charge in [0.05, 0.1) is 24.3 Å². The lowest BCUT2D eigenvalue weighted by Crippen LogP contribution is -2.61. The lowest BCUT2D eigenvalue weighted by atomic mass is 9.85. The first kappa shape index (κ1) is 25.3. The number of aliphatic hydroxyl groups is 1. The second kappa shape index (κ2) is 9.91. The summed E-state index contributed by atoms with van der Waals surface area (Å²) in [7, 11) is 1.37. The number of nitrogen functional groups attached to an aromatic ring is 1. The largest absolute Gasteiger partial charge is 0.481 e. The molecular formula is C23H25N5O7. The highest BCUT2D eigenvalue weighted by Crippen LogP contribution is 2.34. The van der Waals surface area contributed by atoms with E-state index in [-0.39, 0.29) is 41.4 Å². The molecule has 184 valence electrons. The van der Waals surface area contributed by atoms with E-state index in [1.54, 1.807) is 0 Å². The van der Waals surface area contributed by atoms with Gasteiger partial charge in [-0.3, -0.25) is 24.6 Å². The molecule has 1 saturated heterocycles. The molecule has 0 radical (unpaired) electrons. The van der Waals surface area contributed by atoms with Crippen LogP contribution in [-0.2, 0) is 31.1 Å². The van der Waals surface area contributed by atoms with Crippen molar-refractivity contribution in [2.45, 2.75) is 18.1 Å². The van der Waals surface area contributed by atoms with Crippen LogP contribution in [0.5, 0.6) is 0 Å². The summed E-state index contributed by atoms with van der Waals surface area (Å²) >= 11 is 0. The fourth-order valence-corrected chi connectivity index (χ4v) is 3.96. The second-order valence-corrected chi connectivity index (χ2v) is 7.82. The molecule has 1 heterocycles. The van der Waals surface area contributed by atoms with Gasteiger partial charge >= 0.3 is 5.97 Å². The van der Waals surface area contributed by atoms with Gasteiger partial charge in [-0.05, 0) is 17.2 Å². The van der Waals surface area contributed by atoms with E-state index in [0.717, 1.165) is 4.90 Å². The number of carboxylic acid groups (broad SMARTS) is 1. The number of carboxylic acids is 1. The van der Waals surface area contributed by atoms with Crippen molar-refractivity contribution in [1.29, 1.82) is 5.41 Å². The second-order valence-electron chi connectivity index (χ2n) is 7.82. The van der Waals surface area contributed by atoms with Crippen LogP contribution in [0.4, 0.5) is 5.69 Å². The number of aliphatic carboxylic acids is 1. The summed E-state index contributed by atoms with van der Waals surface area (Å²) in [6, 6.07) is 9.80. The zero-order valence-electron chi connectivity index (χ0n) is 18.8. The van der Waals surface area contributed by atoms with Gasteiger partial charge in [0.25, 0.3) is 17.7 Å². The number of nitrogens with one attached hydrogen (secondary N) is 2. The number of hydrogen-bond donors (Lipinski definition) is 6. The van der Waals surface area contributed by atoms with Gasteiger partial charge in [-0.15, -0.1) is 0 Å². The van der Waals surface area contributed by atoms with Gasteiger partial charge in [0, 0.05) is 19.2 Å². The average Bonchev–Trinajstić information content (AvgIpc) is 2.82. The number of anilines is 1. The maximum Gasteiger partial charge on any atom is 0.307 e. The summed E-state index contributed by atoms with van der Waals surface area (Å²) in [6.45, 7) is -0.151. The molecule has 3 amide bonds. The Morgan fingerprint density at radius 3 is 2.40 bits per heavy atom. The third-order valence-electron chi connectivity index (χ3n) is 5.70. The molecule has 0 aliphatic carbocycles. The van der Waals surface area contributed by atoms with Crippen LogP contribution in [0.15, 0.2) is 42.5 Å². The Labute approximate surface area is 200 Å². The van der Waals surface area contributed by atoms with E-state index < -0.39 is 41.8 Å². The molecule has 0 saturated carbocycles. The lowest BCUT2D eigenvalue weighted by Gasteiger charge is -2.40. The van der Waals surface area contributed by atoms with E-state index >= 15 is 0 Å². The molecule has 2 aromatic rings. The van der Waals surface area contributed by atoms with Crippen LogP contribution in [0.3, 0.4) is 0 Å². The van der Waals surface area contributed by atoms with Crippen LogP contribution in [0.2, 0.25) is 0 Å². The van der Waals surface area contributed by atoms with E-state index in [2.05, 4.69) is 5.32 Å². The first-order valence-corrected chi connectivity index (χ1v) is 10.5. The van der Waals surface area contributed by atoms with E-state index in [4.69, 9.17) is 21.6 Å². The molecular weight excluding hydrogens is 458 g/mol. The molecule has 1 aliphatic heterocycles. The number of morpholine rings is 1. The zero-order chi connectivity index (χ0) is 25.9. The Kier molecular flexibility index (Phi) is 7.17. The molecule has 8 N–H and O–H groups in total. The van der Waals surface area contributed by atoms with Crippen molar-refractivity contribution in [3.05, 3.63) is 64.7 Å². The number of ether oxygens (including phenoxy) is 1. The molecule has 35 heavy (non-hydrogen) atoms. The first-order chi connectivity index (χ1) is 16.5. The van der Waals surface area contributed by atoms with Gasteiger partial charge < -0.3 is 36.6 Å². The Bertz CT molecular complexity index is 1200. The van der Waals surface area contributed by atoms with Crippen molar-refractivity contribution in [3.8, 4) is 0 Å². The fraction of sp³-hybridized carbons (Fsp3) is 0.261. The number of amidine groups is 1. The van der Waals surface area contributed by atoms with Gasteiger partial charge in [-0.25, -0.2) is 0 Å². The van der Waals surface area contributed by atoms with Gasteiger partial charge in [0.2, 0.25) is 5.60 Å². The van der Waals surface area contributed by atoms with Crippen molar-refractivity contribution >= 4 is 35.2 Å². The maximum absolute atomic E-state index is 13.6. The van der Waals surface area contributed by atoms with Gasteiger partial charge in [0.15, 0.2) is 6.10 Å². The Balaban J connectivity index is 2.09. The van der Waals surface area contributed by atoms with E-state index in [1.165, 1.54) is 49.5 Å². The summed E-state index contributed by atoms with van der Waals surface area (Å²) in [4.78, 5) is 51.1. The summed E-state index contributed by atoms with van der Waals surface area (Å²) in [5, 5.41) is 30.5. The predicted molar refractivity (Wildman–Crippen MR) is 124 cm³/mol. The van der Waals surface area contributed by atoms with Crippen molar-refractivity contribution in [2.24, 2.45) is 11.5 Å². The van der Waals surface area contributed by atoms with Gasteiger partial charge in [-0.2, -0.15) is 0 Å². The summed E-state index contributed by atoms with van der Waals surface area (Å²) < 4.78 is 5.52. The van der Waals surface area contributed by atoms with Gasteiger partial charge in [-0.1, -0.05) is 36.4 Å². The highest BCUT2D eigenvalue weighted by Gasteiger charge is 2.52. The highest BCUT2D eigenvalue weighted by molar-refractivity contribution is 6.09. The van der Waals surface area contributed by atoms with Crippen LogP contribution in [0.25, 0.3) is 0 Å². The highest BCUT2D eigenvalue weighted by atomic mass is 16.5.